The fourth-order valence-corrected chi connectivity index (χ4v) is 3.95. The van der Waals surface area contributed by atoms with E-state index in [2.05, 4.69) is 11.8 Å². The van der Waals surface area contributed by atoms with Gasteiger partial charge in [0, 0.05) is 30.6 Å². The lowest BCUT2D eigenvalue weighted by Gasteiger charge is -2.27. The largest absolute Gasteiger partial charge is 0.388 e. The maximum absolute atomic E-state index is 11.2. The first-order valence-corrected chi connectivity index (χ1v) is 8.17. The summed E-state index contributed by atoms with van der Waals surface area (Å²) in [5.41, 5.74) is 0.0967. The van der Waals surface area contributed by atoms with E-state index in [0.29, 0.717) is 15.9 Å². The van der Waals surface area contributed by atoms with Gasteiger partial charge in [-0.05, 0) is 32.9 Å². The van der Waals surface area contributed by atoms with Gasteiger partial charge in [0.05, 0.1) is 11.0 Å². The summed E-state index contributed by atoms with van der Waals surface area (Å²) in [4.78, 5) is 15.9. The molecule has 0 aromatic carbocycles. The minimum atomic E-state index is -0.672. The molecule has 1 aromatic heterocycles. The minimum absolute atomic E-state index is 0.0967. The van der Waals surface area contributed by atoms with Crippen LogP contribution in [-0.4, -0.2) is 47.7 Å². The van der Waals surface area contributed by atoms with Gasteiger partial charge in [0.1, 0.15) is 0 Å². The van der Waals surface area contributed by atoms with Crippen LogP contribution in [0.25, 0.3) is 0 Å². The van der Waals surface area contributed by atoms with Crippen LogP contribution in [0.3, 0.4) is 0 Å². The molecule has 1 saturated heterocycles. The average molecular weight is 313 g/mol. The first-order valence-electron chi connectivity index (χ1n) is 7.35. The number of likely N-dealkylation sites (tertiary alicyclic amines) is 1. The highest BCUT2D eigenvalue weighted by Crippen LogP contribution is 2.40. The molecule has 0 spiro atoms. The van der Waals surface area contributed by atoms with Crippen LogP contribution in [0.5, 0.6) is 0 Å². The lowest BCUT2D eigenvalue weighted by Crippen LogP contribution is -2.38. The SMILES string of the molecule is CCN1CCCC1CN(C)c1sc([C@H](C)O)cc1[N+](=O)[O-]. The summed E-state index contributed by atoms with van der Waals surface area (Å²) in [6.07, 6.45) is 1.66. The van der Waals surface area contributed by atoms with Gasteiger partial charge in [0.2, 0.25) is 0 Å². The molecule has 1 fully saturated rings. The third kappa shape index (κ3) is 3.53. The standard InChI is InChI=1S/C14H23N3O3S/c1-4-16-7-5-6-11(16)9-15(3)14-12(17(19)20)8-13(21-14)10(2)18/h8,10-11,18H,4-7,9H2,1-3H3/t10-,11?/m0/s1. The maximum atomic E-state index is 11.2. The number of rotatable bonds is 6. The van der Waals surface area contributed by atoms with Crippen LogP contribution >= 0.6 is 11.3 Å². The molecule has 0 amide bonds. The van der Waals surface area contributed by atoms with Crippen molar-refractivity contribution in [2.45, 2.75) is 38.8 Å². The Morgan fingerprint density at radius 1 is 1.67 bits per heavy atom. The molecule has 0 bridgehead atoms. The minimum Gasteiger partial charge on any atom is -0.388 e. The number of likely N-dealkylation sites (N-methyl/N-ethyl adjacent to an activating group) is 2. The fourth-order valence-electron chi connectivity index (χ4n) is 2.92. The molecule has 7 heteroatoms. The van der Waals surface area contributed by atoms with E-state index >= 15 is 0 Å². The van der Waals surface area contributed by atoms with Crippen molar-refractivity contribution in [1.29, 1.82) is 0 Å². The highest BCUT2D eigenvalue weighted by atomic mass is 32.1. The van der Waals surface area contributed by atoms with Crippen LogP contribution in [0, 0.1) is 10.1 Å². The molecule has 118 valence electrons. The maximum Gasteiger partial charge on any atom is 0.304 e. The topological polar surface area (TPSA) is 69.8 Å². The van der Waals surface area contributed by atoms with Gasteiger partial charge in [0.25, 0.3) is 0 Å². The molecule has 2 atom stereocenters. The predicted molar refractivity (Wildman–Crippen MR) is 85.1 cm³/mol. The van der Waals surface area contributed by atoms with E-state index in [9.17, 15) is 15.2 Å². The molecular weight excluding hydrogens is 290 g/mol. The lowest BCUT2D eigenvalue weighted by molar-refractivity contribution is -0.383. The molecule has 2 rings (SSSR count). The van der Waals surface area contributed by atoms with Gasteiger partial charge in [-0.3, -0.25) is 15.0 Å². The zero-order valence-corrected chi connectivity index (χ0v) is 13.6. The van der Waals surface area contributed by atoms with Crippen molar-refractivity contribution in [3.8, 4) is 0 Å². The van der Waals surface area contributed by atoms with E-state index in [1.807, 2.05) is 11.9 Å². The summed E-state index contributed by atoms with van der Waals surface area (Å²) in [7, 11) is 1.90. The Kier molecular flexibility index (Phi) is 5.18. The number of thiophene rings is 1. The molecule has 1 unspecified atom stereocenters. The Labute approximate surface area is 129 Å². The fraction of sp³-hybridized carbons (Fsp3) is 0.714. The number of aliphatic hydroxyl groups is 1. The third-order valence-corrected chi connectivity index (χ3v) is 5.47. The molecule has 6 nitrogen and oxygen atoms in total. The van der Waals surface area contributed by atoms with E-state index in [4.69, 9.17) is 0 Å². The van der Waals surface area contributed by atoms with Gasteiger partial charge in [-0.2, -0.15) is 0 Å². The molecule has 2 heterocycles. The first-order chi connectivity index (χ1) is 9.93. The summed E-state index contributed by atoms with van der Waals surface area (Å²) < 4.78 is 0. The quantitative estimate of drug-likeness (QED) is 0.646. The second-order valence-corrected chi connectivity index (χ2v) is 6.64. The lowest BCUT2D eigenvalue weighted by atomic mass is 10.2. The Bertz CT molecular complexity index is 504. The zero-order valence-electron chi connectivity index (χ0n) is 12.8. The van der Waals surface area contributed by atoms with E-state index < -0.39 is 6.10 Å². The van der Waals surface area contributed by atoms with Crippen LogP contribution < -0.4 is 4.90 Å². The summed E-state index contributed by atoms with van der Waals surface area (Å²) in [5.74, 6) is 0. The Balaban J connectivity index is 2.18. The number of hydrogen-bond donors (Lipinski definition) is 1. The average Bonchev–Trinajstić information content (AvgIpc) is 3.04. The van der Waals surface area contributed by atoms with E-state index in [0.717, 1.165) is 26.1 Å². The van der Waals surface area contributed by atoms with Gasteiger partial charge in [0.15, 0.2) is 5.00 Å². The van der Waals surface area contributed by atoms with Crippen molar-refractivity contribution in [3.63, 3.8) is 0 Å². The van der Waals surface area contributed by atoms with Crippen molar-refractivity contribution in [3.05, 3.63) is 21.1 Å². The third-order valence-electron chi connectivity index (χ3n) is 4.06. The van der Waals surface area contributed by atoms with E-state index in [-0.39, 0.29) is 10.6 Å². The van der Waals surface area contributed by atoms with Crippen LogP contribution in [0.15, 0.2) is 6.07 Å². The van der Waals surface area contributed by atoms with Gasteiger partial charge >= 0.3 is 5.69 Å². The Hall–Kier alpha value is -1.18. The number of anilines is 1. The summed E-state index contributed by atoms with van der Waals surface area (Å²) in [6, 6.07) is 1.95. The summed E-state index contributed by atoms with van der Waals surface area (Å²) in [6.45, 7) is 6.70. The van der Waals surface area contributed by atoms with Crippen molar-refractivity contribution in [1.82, 2.24) is 4.90 Å². The molecule has 1 aliphatic rings. The van der Waals surface area contributed by atoms with Gasteiger partial charge in [-0.15, -0.1) is 11.3 Å². The molecule has 0 radical (unpaired) electrons. The van der Waals surface area contributed by atoms with E-state index in [1.165, 1.54) is 23.8 Å². The number of hydrogen-bond acceptors (Lipinski definition) is 6. The van der Waals surface area contributed by atoms with Crippen molar-refractivity contribution < 1.29 is 10.0 Å². The number of aliphatic hydroxyl groups excluding tert-OH is 1. The van der Waals surface area contributed by atoms with Gasteiger partial charge in [-0.25, -0.2) is 0 Å². The van der Waals surface area contributed by atoms with Crippen molar-refractivity contribution in [2.24, 2.45) is 0 Å². The van der Waals surface area contributed by atoms with Crippen LogP contribution in [0.2, 0.25) is 0 Å². The van der Waals surface area contributed by atoms with Crippen molar-refractivity contribution in [2.75, 3.05) is 31.6 Å². The monoisotopic (exact) mass is 313 g/mol. The molecule has 0 saturated carbocycles. The first kappa shape index (κ1) is 16.2. The van der Waals surface area contributed by atoms with Crippen LogP contribution in [0.1, 0.15) is 37.7 Å². The second kappa shape index (κ2) is 6.72. The zero-order chi connectivity index (χ0) is 15.6. The number of nitrogens with zero attached hydrogens (tertiary/aromatic N) is 3. The van der Waals surface area contributed by atoms with Gasteiger partial charge in [-0.1, -0.05) is 6.92 Å². The molecular formula is C14H23N3O3S. The number of nitro groups is 1. The predicted octanol–water partition coefficient (Wildman–Crippen LogP) is 2.63. The Morgan fingerprint density at radius 2 is 2.38 bits per heavy atom. The molecule has 1 N–H and O–H groups in total. The highest BCUT2D eigenvalue weighted by Gasteiger charge is 2.28. The van der Waals surface area contributed by atoms with E-state index in [1.54, 1.807) is 6.92 Å². The smallest absolute Gasteiger partial charge is 0.304 e. The molecule has 1 aliphatic heterocycles. The van der Waals surface area contributed by atoms with Gasteiger partial charge < -0.3 is 10.0 Å². The van der Waals surface area contributed by atoms with Crippen LogP contribution in [-0.2, 0) is 0 Å². The second-order valence-electron chi connectivity index (χ2n) is 5.58. The molecule has 0 aliphatic carbocycles. The molecule has 21 heavy (non-hydrogen) atoms. The normalized spacial score (nSPS) is 20.7. The summed E-state index contributed by atoms with van der Waals surface area (Å²) in [5, 5.41) is 21.5. The van der Waals surface area contributed by atoms with Crippen molar-refractivity contribution >= 4 is 22.0 Å². The Morgan fingerprint density at radius 3 is 2.95 bits per heavy atom. The highest BCUT2D eigenvalue weighted by molar-refractivity contribution is 7.16. The summed E-state index contributed by atoms with van der Waals surface area (Å²) >= 11 is 1.31. The van der Waals surface area contributed by atoms with Crippen LogP contribution in [0.4, 0.5) is 10.7 Å². The molecule has 1 aromatic rings.